The first-order valence-electron chi connectivity index (χ1n) is 6.58. The van der Waals surface area contributed by atoms with Gasteiger partial charge in [-0.15, -0.1) is 0 Å². The average molecular weight is 292 g/mol. The predicted octanol–water partition coefficient (Wildman–Crippen LogP) is 1.15. The Bertz CT molecular complexity index is 511. The number of rotatable bonds is 5. The predicted molar refractivity (Wildman–Crippen MR) is 81.0 cm³/mol. The molecule has 0 fully saturated rings. The summed E-state index contributed by atoms with van der Waals surface area (Å²) >= 11 is 0. The van der Waals surface area contributed by atoms with Crippen LogP contribution in [-0.4, -0.2) is 31.4 Å². The molecule has 4 amide bonds. The number of nitrogens with one attached hydrogen (secondary N) is 4. The molecule has 0 aliphatic heterocycles. The van der Waals surface area contributed by atoms with E-state index < -0.39 is 6.03 Å². The van der Waals surface area contributed by atoms with Crippen LogP contribution < -0.4 is 21.3 Å². The van der Waals surface area contributed by atoms with E-state index in [4.69, 9.17) is 0 Å². The summed E-state index contributed by atoms with van der Waals surface area (Å²) in [6.07, 6.45) is 0. The van der Waals surface area contributed by atoms with E-state index in [0.29, 0.717) is 11.4 Å². The van der Waals surface area contributed by atoms with Crippen LogP contribution in [0.25, 0.3) is 0 Å². The Morgan fingerprint density at radius 3 is 2.00 bits per heavy atom. The molecular formula is C14H20N4O3. The van der Waals surface area contributed by atoms with Gasteiger partial charge in [0.1, 0.15) is 0 Å². The fraction of sp³-hybridized carbons (Fsp3) is 0.357. The molecule has 7 heteroatoms. The topological polar surface area (TPSA) is 99.3 Å². The molecule has 0 heterocycles. The number of hydrogen-bond acceptors (Lipinski definition) is 3. The highest BCUT2D eigenvalue weighted by atomic mass is 16.2. The van der Waals surface area contributed by atoms with Gasteiger partial charge < -0.3 is 21.3 Å². The highest BCUT2D eigenvalue weighted by molar-refractivity contribution is 5.94. The Kier molecular flexibility index (Phi) is 6.19. The molecule has 114 valence electrons. The molecule has 0 radical (unpaired) electrons. The van der Waals surface area contributed by atoms with Crippen LogP contribution in [0.4, 0.5) is 16.2 Å². The molecule has 0 unspecified atom stereocenters. The lowest BCUT2D eigenvalue weighted by molar-refractivity contribution is -0.120. The van der Waals surface area contributed by atoms with E-state index in [2.05, 4.69) is 21.3 Å². The van der Waals surface area contributed by atoms with Crippen molar-refractivity contribution in [2.45, 2.75) is 13.8 Å². The first-order valence-corrected chi connectivity index (χ1v) is 6.58. The van der Waals surface area contributed by atoms with Crippen LogP contribution in [0.3, 0.4) is 0 Å². The fourth-order valence-electron chi connectivity index (χ4n) is 1.35. The van der Waals surface area contributed by atoms with E-state index in [1.54, 1.807) is 24.3 Å². The van der Waals surface area contributed by atoms with Gasteiger partial charge in [-0.1, -0.05) is 13.8 Å². The van der Waals surface area contributed by atoms with Crippen LogP contribution in [0, 0.1) is 5.92 Å². The van der Waals surface area contributed by atoms with Crippen molar-refractivity contribution >= 4 is 29.2 Å². The molecule has 1 rings (SSSR count). The van der Waals surface area contributed by atoms with Crippen LogP contribution in [-0.2, 0) is 9.59 Å². The summed E-state index contributed by atoms with van der Waals surface area (Å²) in [4.78, 5) is 34.0. The van der Waals surface area contributed by atoms with E-state index in [1.165, 1.54) is 7.05 Å². The van der Waals surface area contributed by atoms with Crippen molar-refractivity contribution in [3.63, 3.8) is 0 Å². The molecule has 0 saturated carbocycles. The van der Waals surface area contributed by atoms with E-state index in [1.807, 2.05) is 13.8 Å². The maximum absolute atomic E-state index is 11.5. The highest BCUT2D eigenvalue weighted by Crippen LogP contribution is 2.14. The number of amides is 4. The van der Waals surface area contributed by atoms with E-state index in [9.17, 15) is 14.4 Å². The lowest BCUT2D eigenvalue weighted by Gasteiger charge is -2.10. The van der Waals surface area contributed by atoms with Gasteiger partial charge in [0.2, 0.25) is 11.8 Å². The molecule has 0 bridgehead atoms. The quantitative estimate of drug-likeness (QED) is 0.655. The van der Waals surface area contributed by atoms with Crippen LogP contribution in [0.1, 0.15) is 13.8 Å². The third-order valence-electron chi connectivity index (χ3n) is 2.62. The molecule has 0 aromatic heterocycles. The lowest BCUT2D eigenvalue weighted by atomic mass is 10.2. The average Bonchev–Trinajstić information content (AvgIpc) is 2.46. The summed E-state index contributed by atoms with van der Waals surface area (Å²) in [5, 5.41) is 10.1. The van der Waals surface area contributed by atoms with Gasteiger partial charge >= 0.3 is 6.03 Å². The van der Waals surface area contributed by atoms with Crippen molar-refractivity contribution in [2.75, 3.05) is 24.2 Å². The Hall–Kier alpha value is -2.57. The van der Waals surface area contributed by atoms with Crippen LogP contribution in [0.2, 0.25) is 0 Å². The molecule has 0 saturated heterocycles. The third-order valence-corrected chi connectivity index (χ3v) is 2.62. The van der Waals surface area contributed by atoms with Crippen molar-refractivity contribution < 1.29 is 14.4 Å². The Labute approximate surface area is 123 Å². The Morgan fingerprint density at radius 2 is 1.52 bits per heavy atom. The molecule has 0 aliphatic carbocycles. The van der Waals surface area contributed by atoms with Crippen LogP contribution in [0.15, 0.2) is 24.3 Å². The molecule has 7 nitrogen and oxygen atoms in total. The monoisotopic (exact) mass is 292 g/mol. The van der Waals surface area contributed by atoms with E-state index in [0.717, 1.165) is 0 Å². The third kappa shape index (κ3) is 5.94. The molecule has 0 spiro atoms. The summed E-state index contributed by atoms with van der Waals surface area (Å²) < 4.78 is 0. The lowest BCUT2D eigenvalue weighted by Crippen LogP contribution is -2.37. The first kappa shape index (κ1) is 16.5. The number of benzene rings is 1. The summed E-state index contributed by atoms with van der Waals surface area (Å²) in [7, 11) is 1.49. The number of carbonyl (C=O) groups excluding carboxylic acids is 3. The molecule has 21 heavy (non-hydrogen) atoms. The van der Waals surface area contributed by atoms with Crippen molar-refractivity contribution in [3.05, 3.63) is 24.3 Å². The zero-order valence-corrected chi connectivity index (χ0v) is 12.3. The van der Waals surface area contributed by atoms with Gasteiger partial charge in [-0.05, 0) is 24.3 Å². The maximum atomic E-state index is 11.5. The second-order valence-electron chi connectivity index (χ2n) is 4.70. The van der Waals surface area contributed by atoms with Gasteiger partial charge in [0.15, 0.2) is 0 Å². The van der Waals surface area contributed by atoms with Gasteiger partial charge in [0, 0.05) is 24.3 Å². The van der Waals surface area contributed by atoms with Crippen molar-refractivity contribution in [2.24, 2.45) is 5.92 Å². The summed E-state index contributed by atoms with van der Waals surface area (Å²) in [5.41, 5.74) is 1.22. The first-order chi connectivity index (χ1) is 9.92. The van der Waals surface area contributed by atoms with Gasteiger partial charge in [0.25, 0.3) is 0 Å². The van der Waals surface area contributed by atoms with Gasteiger partial charge in [-0.25, -0.2) is 4.79 Å². The van der Waals surface area contributed by atoms with Crippen molar-refractivity contribution in [3.8, 4) is 0 Å². The zero-order chi connectivity index (χ0) is 15.8. The summed E-state index contributed by atoms with van der Waals surface area (Å²) in [6.45, 7) is 3.52. The van der Waals surface area contributed by atoms with Gasteiger partial charge in [-0.2, -0.15) is 0 Å². The summed E-state index contributed by atoms with van der Waals surface area (Å²) in [5.74, 6) is -0.450. The van der Waals surface area contributed by atoms with Gasteiger partial charge in [-0.3, -0.25) is 9.59 Å². The Balaban J connectivity index is 2.49. The SMILES string of the molecule is CNC(=O)CNC(=O)Nc1ccc(NC(=O)C(C)C)cc1. The minimum atomic E-state index is -0.474. The molecule has 1 aromatic carbocycles. The second-order valence-corrected chi connectivity index (χ2v) is 4.70. The number of urea groups is 1. The largest absolute Gasteiger partial charge is 0.358 e. The number of hydrogen-bond donors (Lipinski definition) is 4. The van der Waals surface area contributed by atoms with Crippen molar-refractivity contribution in [1.29, 1.82) is 0 Å². The molecular weight excluding hydrogens is 272 g/mol. The second kappa shape index (κ2) is 7.88. The smallest absolute Gasteiger partial charge is 0.319 e. The number of anilines is 2. The van der Waals surface area contributed by atoms with Gasteiger partial charge in [0.05, 0.1) is 6.54 Å². The maximum Gasteiger partial charge on any atom is 0.319 e. The van der Waals surface area contributed by atoms with Crippen molar-refractivity contribution in [1.82, 2.24) is 10.6 Å². The zero-order valence-electron chi connectivity index (χ0n) is 12.3. The van der Waals surface area contributed by atoms with Crippen LogP contribution in [0.5, 0.6) is 0 Å². The summed E-state index contributed by atoms with van der Waals surface area (Å²) in [6, 6.07) is 6.23. The number of carbonyl (C=O) groups is 3. The van der Waals surface area contributed by atoms with Crippen LogP contribution >= 0.6 is 0 Å². The highest BCUT2D eigenvalue weighted by Gasteiger charge is 2.07. The van der Waals surface area contributed by atoms with E-state index >= 15 is 0 Å². The Morgan fingerprint density at radius 1 is 1.00 bits per heavy atom. The molecule has 4 N–H and O–H groups in total. The minimum absolute atomic E-state index is 0.0703. The fourth-order valence-corrected chi connectivity index (χ4v) is 1.35. The standard InChI is InChI=1S/C14H20N4O3/c1-9(2)13(20)17-10-4-6-11(7-5-10)18-14(21)16-8-12(19)15-3/h4-7,9H,8H2,1-3H3,(H,15,19)(H,17,20)(H2,16,18,21). The normalized spacial score (nSPS) is 9.90. The molecule has 0 atom stereocenters. The minimum Gasteiger partial charge on any atom is -0.358 e. The van der Waals surface area contributed by atoms with E-state index in [-0.39, 0.29) is 24.3 Å². The molecule has 1 aromatic rings. The molecule has 0 aliphatic rings. The number of likely N-dealkylation sites (N-methyl/N-ethyl adjacent to an activating group) is 1.